The monoisotopic (exact) mass is 385 g/mol. The van der Waals surface area contributed by atoms with Crippen LogP contribution in [0, 0.1) is 11.7 Å². The second kappa shape index (κ2) is 7.73. The molecule has 1 aromatic carbocycles. The maximum Gasteiger partial charge on any atom is 0.308 e. The molecule has 0 saturated heterocycles. The fraction of sp³-hybridized carbons (Fsp3) is 0.476. The van der Waals surface area contributed by atoms with E-state index in [1.54, 1.807) is 18.2 Å². The summed E-state index contributed by atoms with van der Waals surface area (Å²) in [6.07, 6.45) is 6.32. The van der Waals surface area contributed by atoms with Crippen molar-refractivity contribution in [3.63, 3.8) is 0 Å². The third-order valence-corrected chi connectivity index (χ3v) is 5.88. The van der Waals surface area contributed by atoms with E-state index >= 15 is 0 Å². The van der Waals surface area contributed by atoms with Crippen LogP contribution >= 0.6 is 0 Å². The van der Waals surface area contributed by atoms with Gasteiger partial charge in [-0.3, -0.25) is 9.59 Å². The number of halogens is 1. The molecule has 6 nitrogen and oxygen atoms in total. The van der Waals surface area contributed by atoms with Crippen molar-refractivity contribution in [3.05, 3.63) is 47.0 Å². The van der Waals surface area contributed by atoms with Crippen molar-refractivity contribution in [2.24, 2.45) is 5.92 Å². The van der Waals surface area contributed by atoms with Crippen LogP contribution in [0.5, 0.6) is 0 Å². The molecule has 4 rings (SSSR count). The molecule has 1 saturated carbocycles. The van der Waals surface area contributed by atoms with E-state index < -0.39 is 17.9 Å². The van der Waals surface area contributed by atoms with Gasteiger partial charge in [0, 0.05) is 17.3 Å². The molecule has 2 aliphatic carbocycles. The molecule has 2 N–H and O–H groups in total. The van der Waals surface area contributed by atoms with Crippen molar-refractivity contribution < 1.29 is 19.1 Å². The molecule has 0 spiro atoms. The maximum absolute atomic E-state index is 14.3. The first kappa shape index (κ1) is 18.7. The topological polar surface area (TPSA) is 84.2 Å². The molecule has 2 atom stereocenters. The molecule has 1 heterocycles. The van der Waals surface area contributed by atoms with Crippen LogP contribution in [0.2, 0.25) is 0 Å². The van der Waals surface area contributed by atoms with E-state index in [0.29, 0.717) is 24.2 Å². The zero-order valence-corrected chi connectivity index (χ0v) is 15.7. The molecule has 2 aliphatic rings. The third kappa shape index (κ3) is 3.41. The standard InChI is InChI=1S/C21H24FN3O3/c22-15-9-4-5-11-18(15)25-17-12-6-8-14(17)19(24-25)20(26)23-16-10-3-1-2-7-13(16)21(27)28/h4-5,9,11,13,16H,1-3,6-8,10,12H2,(H,23,26)(H,27,28)/t13-,16+/m1/s1. The van der Waals surface area contributed by atoms with E-state index in [0.717, 1.165) is 49.8 Å². The van der Waals surface area contributed by atoms with Gasteiger partial charge in [-0.2, -0.15) is 5.10 Å². The van der Waals surface area contributed by atoms with Gasteiger partial charge in [0.1, 0.15) is 11.5 Å². The Morgan fingerprint density at radius 3 is 2.68 bits per heavy atom. The van der Waals surface area contributed by atoms with E-state index in [-0.39, 0.29) is 11.7 Å². The van der Waals surface area contributed by atoms with Crippen LogP contribution in [0.4, 0.5) is 4.39 Å². The molecule has 0 bridgehead atoms. The summed E-state index contributed by atoms with van der Waals surface area (Å²) in [6.45, 7) is 0. The van der Waals surface area contributed by atoms with Gasteiger partial charge in [-0.1, -0.05) is 31.4 Å². The van der Waals surface area contributed by atoms with Crippen LogP contribution in [-0.4, -0.2) is 32.8 Å². The highest BCUT2D eigenvalue weighted by Crippen LogP contribution is 2.29. The maximum atomic E-state index is 14.3. The fourth-order valence-corrected chi connectivity index (χ4v) is 4.46. The Bertz CT molecular complexity index is 908. The number of benzene rings is 1. The normalized spacial score (nSPS) is 21.8. The summed E-state index contributed by atoms with van der Waals surface area (Å²) in [4.78, 5) is 24.6. The smallest absolute Gasteiger partial charge is 0.308 e. The van der Waals surface area contributed by atoms with E-state index in [1.165, 1.54) is 10.7 Å². The Balaban J connectivity index is 1.64. The molecule has 1 fully saturated rings. The Morgan fingerprint density at radius 1 is 1.11 bits per heavy atom. The van der Waals surface area contributed by atoms with Gasteiger partial charge in [0.05, 0.1) is 5.92 Å². The van der Waals surface area contributed by atoms with Crippen LogP contribution in [0.3, 0.4) is 0 Å². The number of nitrogens with one attached hydrogen (secondary N) is 1. The quantitative estimate of drug-likeness (QED) is 0.791. The number of nitrogens with zero attached hydrogens (tertiary/aromatic N) is 2. The summed E-state index contributed by atoms with van der Waals surface area (Å²) in [5, 5.41) is 16.9. The lowest BCUT2D eigenvalue weighted by atomic mass is 9.94. The average Bonchev–Trinajstić information content (AvgIpc) is 3.19. The number of fused-ring (bicyclic) bond motifs is 1. The van der Waals surface area contributed by atoms with Crippen molar-refractivity contribution in [2.45, 2.75) is 57.4 Å². The van der Waals surface area contributed by atoms with Crippen molar-refractivity contribution >= 4 is 11.9 Å². The van der Waals surface area contributed by atoms with Crippen molar-refractivity contribution in [1.29, 1.82) is 0 Å². The number of amides is 1. The summed E-state index contributed by atoms with van der Waals surface area (Å²) >= 11 is 0. The van der Waals surface area contributed by atoms with E-state index in [9.17, 15) is 19.1 Å². The van der Waals surface area contributed by atoms with Gasteiger partial charge in [0.25, 0.3) is 5.91 Å². The van der Waals surface area contributed by atoms with Gasteiger partial charge in [0.15, 0.2) is 5.69 Å². The molecule has 7 heteroatoms. The minimum Gasteiger partial charge on any atom is -0.481 e. The molecule has 148 valence electrons. The van der Waals surface area contributed by atoms with Gasteiger partial charge in [-0.15, -0.1) is 0 Å². The minimum absolute atomic E-state index is 0.295. The largest absolute Gasteiger partial charge is 0.481 e. The molecular formula is C21H24FN3O3. The van der Waals surface area contributed by atoms with Crippen LogP contribution in [0.1, 0.15) is 60.3 Å². The second-order valence-corrected chi connectivity index (χ2v) is 7.65. The lowest BCUT2D eigenvalue weighted by molar-refractivity contribution is -0.142. The van der Waals surface area contributed by atoms with Gasteiger partial charge in [0.2, 0.25) is 0 Å². The predicted molar refractivity (Wildman–Crippen MR) is 101 cm³/mol. The van der Waals surface area contributed by atoms with Crippen LogP contribution in [0.25, 0.3) is 5.69 Å². The number of hydrogen-bond donors (Lipinski definition) is 2. The van der Waals surface area contributed by atoms with Gasteiger partial charge in [-0.25, -0.2) is 9.07 Å². The van der Waals surface area contributed by atoms with Crippen molar-refractivity contribution in [2.75, 3.05) is 0 Å². The molecule has 28 heavy (non-hydrogen) atoms. The number of carboxylic acid groups (broad SMARTS) is 1. The lowest BCUT2D eigenvalue weighted by Crippen LogP contribution is -2.43. The van der Waals surface area contributed by atoms with Crippen LogP contribution in [0.15, 0.2) is 24.3 Å². The summed E-state index contributed by atoms with van der Waals surface area (Å²) in [6, 6.07) is 5.98. The number of hydrogen-bond acceptors (Lipinski definition) is 3. The summed E-state index contributed by atoms with van der Waals surface area (Å²) in [5.74, 6) is -2.18. The first-order valence-electron chi connectivity index (χ1n) is 9.95. The molecular weight excluding hydrogens is 361 g/mol. The Labute approximate surface area is 162 Å². The molecule has 2 aromatic rings. The van der Waals surface area contributed by atoms with E-state index in [4.69, 9.17) is 0 Å². The molecule has 1 aromatic heterocycles. The summed E-state index contributed by atoms with van der Waals surface area (Å²) in [5.41, 5.74) is 2.34. The number of para-hydroxylation sites is 1. The number of carboxylic acids is 1. The summed E-state index contributed by atoms with van der Waals surface area (Å²) < 4.78 is 15.8. The molecule has 0 aliphatic heterocycles. The minimum atomic E-state index is -0.866. The second-order valence-electron chi connectivity index (χ2n) is 7.65. The zero-order chi connectivity index (χ0) is 19.7. The highest BCUT2D eigenvalue weighted by molar-refractivity contribution is 5.94. The zero-order valence-electron chi connectivity index (χ0n) is 15.7. The first-order chi connectivity index (χ1) is 13.6. The molecule has 0 unspecified atom stereocenters. The summed E-state index contributed by atoms with van der Waals surface area (Å²) in [7, 11) is 0. The van der Waals surface area contributed by atoms with E-state index in [1.807, 2.05) is 0 Å². The number of aromatic nitrogens is 2. The van der Waals surface area contributed by atoms with Gasteiger partial charge in [-0.05, 0) is 44.2 Å². The van der Waals surface area contributed by atoms with Crippen molar-refractivity contribution in [3.8, 4) is 5.69 Å². The first-order valence-corrected chi connectivity index (χ1v) is 9.95. The Morgan fingerprint density at radius 2 is 1.89 bits per heavy atom. The van der Waals surface area contributed by atoms with Gasteiger partial charge < -0.3 is 10.4 Å². The lowest BCUT2D eigenvalue weighted by Gasteiger charge is -2.22. The number of carbonyl (C=O) groups excluding carboxylic acids is 1. The number of rotatable bonds is 4. The number of carbonyl (C=O) groups is 2. The highest BCUT2D eigenvalue weighted by Gasteiger charge is 2.33. The van der Waals surface area contributed by atoms with Crippen LogP contribution in [-0.2, 0) is 17.6 Å². The van der Waals surface area contributed by atoms with Crippen molar-refractivity contribution in [1.82, 2.24) is 15.1 Å². The SMILES string of the molecule is O=C(N[C@H]1CCCCC[C@H]1C(=O)O)c1nn(-c2ccccc2F)c2c1CCC2. The average molecular weight is 385 g/mol. The highest BCUT2D eigenvalue weighted by atomic mass is 19.1. The van der Waals surface area contributed by atoms with Crippen LogP contribution < -0.4 is 5.32 Å². The molecule has 0 radical (unpaired) electrons. The van der Waals surface area contributed by atoms with E-state index in [2.05, 4.69) is 10.4 Å². The number of aliphatic carboxylic acids is 1. The fourth-order valence-electron chi connectivity index (χ4n) is 4.46. The molecule has 1 amide bonds. The Kier molecular flexibility index (Phi) is 5.15. The van der Waals surface area contributed by atoms with Gasteiger partial charge >= 0.3 is 5.97 Å². The third-order valence-electron chi connectivity index (χ3n) is 5.88. The predicted octanol–water partition coefficient (Wildman–Crippen LogP) is 3.26. The Hall–Kier alpha value is -2.70.